The van der Waals surface area contributed by atoms with E-state index in [4.69, 9.17) is 0 Å². The van der Waals surface area contributed by atoms with Gasteiger partial charge >= 0.3 is 0 Å². The number of rotatable bonds is 4. The van der Waals surface area contributed by atoms with Gasteiger partial charge in [0.1, 0.15) is 0 Å². The number of likely N-dealkylation sites (tertiary alicyclic amines) is 1. The maximum Gasteiger partial charge on any atom is 0.273 e. The molecule has 1 aliphatic heterocycles. The second-order valence-corrected chi connectivity index (χ2v) is 5.52. The number of nitrogens with zero attached hydrogens (tertiary/aromatic N) is 2. The summed E-state index contributed by atoms with van der Waals surface area (Å²) < 4.78 is 0. The van der Waals surface area contributed by atoms with E-state index in [-0.39, 0.29) is 11.6 Å². The van der Waals surface area contributed by atoms with Crippen LogP contribution in [0.2, 0.25) is 0 Å². The van der Waals surface area contributed by atoms with Crippen LogP contribution in [0.4, 0.5) is 5.69 Å². The third-order valence-electron chi connectivity index (χ3n) is 4.03. The van der Waals surface area contributed by atoms with E-state index in [1.807, 2.05) is 11.9 Å². The molecule has 1 heterocycles. The zero-order valence-corrected chi connectivity index (χ0v) is 12.5. The minimum absolute atomic E-state index is 0.00429. The molecule has 0 bridgehead atoms. The van der Waals surface area contributed by atoms with Crippen LogP contribution in [0, 0.1) is 23.0 Å². The quantitative estimate of drug-likeness (QED) is 0.680. The molecule has 1 aliphatic rings. The molecule has 1 fully saturated rings. The van der Waals surface area contributed by atoms with E-state index in [9.17, 15) is 14.9 Å². The first-order chi connectivity index (χ1) is 10.0. The van der Waals surface area contributed by atoms with Crippen LogP contribution >= 0.6 is 0 Å². The van der Waals surface area contributed by atoms with Gasteiger partial charge in [0.05, 0.1) is 4.92 Å². The van der Waals surface area contributed by atoms with Gasteiger partial charge in [-0.15, -0.1) is 0 Å². The number of nitro groups is 1. The van der Waals surface area contributed by atoms with Crippen molar-refractivity contribution in [3.05, 3.63) is 39.4 Å². The van der Waals surface area contributed by atoms with Crippen molar-refractivity contribution in [2.75, 3.05) is 26.7 Å². The maximum atomic E-state index is 12.6. The summed E-state index contributed by atoms with van der Waals surface area (Å²) in [6.45, 7) is 3.96. The molecule has 1 aromatic carbocycles. The first-order valence-electron chi connectivity index (χ1n) is 7.22. The average Bonchev–Trinajstić information content (AvgIpc) is 2.47. The number of hydrogen-bond donors (Lipinski definition) is 1. The molecule has 114 valence electrons. The Bertz CT molecular complexity index is 543. The van der Waals surface area contributed by atoms with E-state index in [2.05, 4.69) is 5.32 Å². The predicted molar refractivity (Wildman–Crippen MR) is 80.4 cm³/mol. The molecule has 21 heavy (non-hydrogen) atoms. The molecule has 1 amide bonds. The first kappa shape index (κ1) is 15.4. The second kappa shape index (κ2) is 6.67. The first-order valence-corrected chi connectivity index (χ1v) is 7.22. The van der Waals surface area contributed by atoms with E-state index in [1.54, 1.807) is 19.1 Å². The molecule has 0 spiro atoms. The molecule has 6 nitrogen and oxygen atoms in total. The summed E-state index contributed by atoms with van der Waals surface area (Å²) in [5.74, 6) is 0.351. The molecule has 1 atom stereocenters. The van der Waals surface area contributed by atoms with Crippen LogP contribution in [0.5, 0.6) is 0 Å². The Balaban J connectivity index is 2.20. The van der Waals surface area contributed by atoms with Crippen molar-refractivity contribution in [3.8, 4) is 0 Å². The van der Waals surface area contributed by atoms with Crippen LogP contribution in [-0.2, 0) is 0 Å². The van der Waals surface area contributed by atoms with Crippen molar-refractivity contribution in [1.29, 1.82) is 0 Å². The minimum Gasteiger partial charge on any atom is -0.338 e. The summed E-state index contributed by atoms with van der Waals surface area (Å²) in [5.41, 5.74) is 0.891. The van der Waals surface area contributed by atoms with Crippen molar-refractivity contribution in [2.45, 2.75) is 19.8 Å². The Morgan fingerprint density at radius 1 is 1.52 bits per heavy atom. The van der Waals surface area contributed by atoms with Crippen LogP contribution in [0.1, 0.15) is 28.8 Å². The summed E-state index contributed by atoms with van der Waals surface area (Å²) >= 11 is 0. The number of carbonyl (C=O) groups excluding carboxylic acids is 1. The van der Waals surface area contributed by atoms with E-state index in [0.717, 1.165) is 25.9 Å². The lowest BCUT2D eigenvalue weighted by Crippen LogP contribution is -2.42. The molecule has 1 N–H and O–H groups in total. The number of carbonyl (C=O) groups is 1. The molecule has 0 radical (unpaired) electrons. The Hall–Kier alpha value is -1.95. The fraction of sp³-hybridized carbons (Fsp3) is 0.533. The normalized spacial score (nSPS) is 18.6. The Labute approximate surface area is 124 Å². The fourth-order valence-corrected chi connectivity index (χ4v) is 2.93. The molecular formula is C15H21N3O3. The maximum absolute atomic E-state index is 12.6. The molecule has 0 aromatic heterocycles. The lowest BCUT2D eigenvalue weighted by molar-refractivity contribution is -0.385. The third kappa shape index (κ3) is 3.39. The predicted octanol–water partition coefficient (Wildman–Crippen LogP) is 1.97. The lowest BCUT2D eigenvalue weighted by atomic mass is 9.96. The molecule has 0 saturated carbocycles. The van der Waals surface area contributed by atoms with E-state index in [1.165, 1.54) is 6.07 Å². The van der Waals surface area contributed by atoms with Crippen molar-refractivity contribution >= 4 is 11.6 Å². The summed E-state index contributed by atoms with van der Waals surface area (Å²) in [4.78, 5) is 25.0. The summed E-state index contributed by atoms with van der Waals surface area (Å²) in [6.07, 6.45) is 2.09. The van der Waals surface area contributed by atoms with Gasteiger partial charge in [-0.3, -0.25) is 14.9 Å². The van der Waals surface area contributed by atoms with Crippen molar-refractivity contribution in [2.24, 2.45) is 5.92 Å². The van der Waals surface area contributed by atoms with Gasteiger partial charge < -0.3 is 10.2 Å². The number of nitro benzene ring substituents is 1. The van der Waals surface area contributed by atoms with Crippen LogP contribution in [-0.4, -0.2) is 42.4 Å². The average molecular weight is 291 g/mol. The van der Waals surface area contributed by atoms with Gasteiger partial charge in [-0.25, -0.2) is 0 Å². The van der Waals surface area contributed by atoms with Gasteiger partial charge in [-0.1, -0.05) is 6.07 Å². The zero-order valence-electron chi connectivity index (χ0n) is 12.5. The molecule has 1 aromatic rings. The lowest BCUT2D eigenvalue weighted by Gasteiger charge is -2.33. The van der Waals surface area contributed by atoms with Crippen LogP contribution < -0.4 is 5.32 Å². The van der Waals surface area contributed by atoms with Gasteiger partial charge in [-0.2, -0.15) is 0 Å². The van der Waals surface area contributed by atoms with Crippen LogP contribution in [0.3, 0.4) is 0 Å². The molecule has 1 unspecified atom stereocenters. The van der Waals surface area contributed by atoms with E-state index >= 15 is 0 Å². The highest BCUT2D eigenvalue weighted by molar-refractivity contribution is 5.96. The summed E-state index contributed by atoms with van der Waals surface area (Å²) in [7, 11) is 1.91. The molecular weight excluding hydrogens is 270 g/mol. The number of piperidine rings is 1. The van der Waals surface area contributed by atoms with Crippen molar-refractivity contribution in [3.63, 3.8) is 0 Å². The SMILES string of the molecule is CNCC1CCCN(C(=O)c2cccc([N+](=O)[O-])c2C)C1. The zero-order chi connectivity index (χ0) is 15.4. The molecule has 2 rings (SSSR count). The number of amides is 1. The molecule has 6 heteroatoms. The highest BCUT2D eigenvalue weighted by Crippen LogP contribution is 2.24. The largest absolute Gasteiger partial charge is 0.338 e. The van der Waals surface area contributed by atoms with E-state index < -0.39 is 4.92 Å². The number of hydrogen-bond acceptors (Lipinski definition) is 4. The number of benzene rings is 1. The van der Waals surface area contributed by atoms with Gasteiger partial charge in [0.25, 0.3) is 11.6 Å². The highest BCUT2D eigenvalue weighted by atomic mass is 16.6. The van der Waals surface area contributed by atoms with E-state index in [0.29, 0.717) is 23.6 Å². The van der Waals surface area contributed by atoms with Crippen LogP contribution in [0.25, 0.3) is 0 Å². The standard InChI is InChI=1S/C15H21N3O3/c1-11-13(6-3-7-14(11)18(20)21)15(19)17-8-4-5-12(10-17)9-16-2/h3,6-7,12,16H,4-5,8-10H2,1-2H3. The minimum atomic E-state index is -0.438. The topological polar surface area (TPSA) is 75.5 Å². The third-order valence-corrected chi connectivity index (χ3v) is 4.03. The Morgan fingerprint density at radius 3 is 2.95 bits per heavy atom. The summed E-state index contributed by atoms with van der Waals surface area (Å²) in [6, 6.07) is 4.69. The van der Waals surface area contributed by atoms with Gasteiger partial charge in [0.2, 0.25) is 0 Å². The molecule has 0 aliphatic carbocycles. The summed E-state index contributed by atoms with van der Waals surface area (Å²) in [5, 5.41) is 14.1. The fourth-order valence-electron chi connectivity index (χ4n) is 2.93. The monoisotopic (exact) mass is 291 g/mol. The highest BCUT2D eigenvalue weighted by Gasteiger charge is 2.26. The van der Waals surface area contributed by atoms with Gasteiger partial charge in [0, 0.05) is 30.3 Å². The van der Waals surface area contributed by atoms with Crippen molar-refractivity contribution in [1.82, 2.24) is 10.2 Å². The van der Waals surface area contributed by atoms with Crippen LogP contribution in [0.15, 0.2) is 18.2 Å². The van der Waals surface area contributed by atoms with Gasteiger partial charge in [0.15, 0.2) is 0 Å². The number of nitrogens with one attached hydrogen (secondary N) is 1. The van der Waals surface area contributed by atoms with Crippen molar-refractivity contribution < 1.29 is 9.72 Å². The smallest absolute Gasteiger partial charge is 0.273 e. The Kier molecular flexibility index (Phi) is 4.90. The molecule has 1 saturated heterocycles. The Morgan fingerprint density at radius 2 is 2.29 bits per heavy atom. The van der Waals surface area contributed by atoms with Gasteiger partial charge in [-0.05, 0) is 45.3 Å². The second-order valence-electron chi connectivity index (χ2n) is 5.52.